The Balaban J connectivity index is 2.01. The van der Waals surface area contributed by atoms with E-state index in [-0.39, 0.29) is 5.41 Å². The van der Waals surface area contributed by atoms with Crippen LogP contribution in [-0.2, 0) is 5.41 Å². The van der Waals surface area contributed by atoms with Gasteiger partial charge < -0.3 is 10.3 Å². The Morgan fingerprint density at radius 2 is 2.17 bits per heavy atom. The molecular weight excluding hydrogens is 222 g/mol. The second kappa shape index (κ2) is 4.09. The summed E-state index contributed by atoms with van der Waals surface area (Å²) in [6.45, 7) is 5.22. The summed E-state index contributed by atoms with van der Waals surface area (Å²) in [5.74, 6) is 0. The molecule has 0 saturated heterocycles. The highest BCUT2D eigenvalue weighted by Crippen LogP contribution is 2.38. The number of nitrogens with two attached hydrogens (primary N) is 1. The van der Waals surface area contributed by atoms with Gasteiger partial charge in [-0.05, 0) is 48.9 Å². The lowest BCUT2D eigenvalue weighted by Gasteiger charge is -2.24. The number of benzene rings is 1. The fourth-order valence-corrected chi connectivity index (χ4v) is 2.60. The summed E-state index contributed by atoms with van der Waals surface area (Å²) in [5.41, 5.74) is 9.55. The first-order valence-electron chi connectivity index (χ1n) is 6.79. The van der Waals surface area contributed by atoms with Crippen molar-refractivity contribution in [1.82, 2.24) is 9.55 Å². The normalized spacial score (nSPS) is 16.4. The zero-order valence-electron chi connectivity index (χ0n) is 11.2. The minimum atomic E-state index is 0.131. The van der Waals surface area contributed by atoms with Crippen LogP contribution in [0.1, 0.15) is 44.7 Å². The van der Waals surface area contributed by atoms with E-state index in [4.69, 9.17) is 5.73 Å². The SMILES string of the molecule is CC(C)(CCN)c1ccc2c(c1)ncn2C1CC1. The van der Waals surface area contributed by atoms with Crippen molar-refractivity contribution in [2.24, 2.45) is 5.73 Å². The standard InChI is InChI=1S/C15H21N3/c1-15(2,7-8-16)11-3-6-14-13(9-11)17-10-18(14)12-4-5-12/h3,6,9-10,12H,4-5,7-8,16H2,1-2H3. The molecule has 0 radical (unpaired) electrons. The van der Waals surface area contributed by atoms with Gasteiger partial charge in [0, 0.05) is 6.04 Å². The lowest BCUT2D eigenvalue weighted by Crippen LogP contribution is -2.21. The number of fused-ring (bicyclic) bond motifs is 1. The zero-order valence-corrected chi connectivity index (χ0v) is 11.2. The van der Waals surface area contributed by atoms with Crippen molar-refractivity contribution < 1.29 is 0 Å². The van der Waals surface area contributed by atoms with Gasteiger partial charge in [0.1, 0.15) is 0 Å². The first kappa shape index (κ1) is 11.7. The minimum Gasteiger partial charge on any atom is -0.330 e. The molecule has 18 heavy (non-hydrogen) atoms. The van der Waals surface area contributed by atoms with Crippen LogP contribution in [0.2, 0.25) is 0 Å². The van der Waals surface area contributed by atoms with Crippen molar-refractivity contribution >= 4 is 11.0 Å². The van der Waals surface area contributed by atoms with Crippen LogP contribution in [0.4, 0.5) is 0 Å². The van der Waals surface area contributed by atoms with E-state index in [9.17, 15) is 0 Å². The summed E-state index contributed by atoms with van der Waals surface area (Å²) in [4.78, 5) is 4.55. The average Bonchev–Trinajstić information content (AvgIpc) is 3.08. The summed E-state index contributed by atoms with van der Waals surface area (Å²) in [6.07, 6.45) is 5.58. The van der Waals surface area contributed by atoms with Gasteiger partial charge in [0.25, 0.3) is 0 Å². The molecule has 1 saturated carbocycles. The topological polar surface area (TPSA) is 43.8 Å². The third kappa shape index (κ3) is 1.93. The Kier molecular flexibility index (Phi) is 2.67. The molecule has 0 aliphatic heterocycles. The summed E-state index contributed by atoms with van der Waals surface area (Å²) in [5, 5.41) is 0. The van der Waals surface area contributed by atoms with Crippen molar-refractivity contribution in [3.63, 3.8) is 0 Å². The lowest BCUT2D eigenvalue weighted by atomic mass is 9.81. The molecule has 1 aromatic heterocycles. The van der Waals surface area contributed by atoms with E-state index in [1.54, 1.807) is 0 Å². The van der Waals surface area contributed by atoms with Gasteiger partial charge in [-0.15, -0.1) is 0 Å². The van der Waals surface area contributed by atoms with E-state index in [0.29, 0.717) is 6.04 Å². The Morgan fingerprint density at radius 3 is 2.83 bits per heavy atom. The molecule has 0 bridgehead atoms. The Bertz CT molecular complexity index is 564. The molecule has 1 aliphatic rings. The van der Waals surface area contributed by atoms with Crippen LogP contribution in [0.15, 0.2) is 24.5 Å². The van der Waals surface area contributed by atoms with Crippen LogP contribution < -0.4 is 5.73 Å². The molecule has 0 unspecified atom stereocenters. The molecule has 1 aromatic carbocycles. The molecule has 0 atom stereocenters. The maximum Gasteiger partial charge on any atom is 0.0960 e. The fraction of sp³-hybridized carbons (Fsp3) is 0.533. The molecule has 0 spiro atoms. The Morgan fingerprint density at radius 1 is 1.39 bits per heavy atom. The van der Waals surface area contributed by atoms with Crippen molar-refractivity contribution in [2.75, 3.05) is 6.54 Å². The third-order valence-electron chi connectivity index (χ3n) is 4.07. The van der Waals surface area contributed by atoms with Gasteiger partial charge in [0.15, 0.2) is 0 Å². The molecular formula is C15H21N3. The Labute approximate surface area is 108 Å². The first-order valence-corrected chi connectivity index (χ1v) is 6.79. The number of nitrogens with zero attached hydrogens (tertiary/aromatic N) is 2. The monoisotopic (exact) mass is 243 g/mol. The summed E-state index contributed by atoms with van der Waals surface area (Å²) in [7, 11) is 0. The third-order valence-corrected chi connectivity index (χ3v) is 4.07. The highest BCUT2D eigenvalue weighted by atomic mass is 15.1. The predicted molar refractivity (Wildman–Crippen MR) is 74.7 cm³/mol. The van der Waals surface area contributed by atoms with Crippen molar-refractivity contribution in [3.05, 3.63) is 30.1 Å². The van der Waals surface area contributed by atoms with E-state index in [1.807, 2.05) is 6.33 Å². The highest BCUT2D eigenvalue weighted by molar-refractivity contribution is 5.76. The van der Waals surface area contributed by atoms with E-state index >= 15 is 0 Å². The van der Waals surface area contributed by atoms with E-state index in [2.05, 4.69) is 41.6 Å². The number of hydrogen-bond donors (Lipinski definition) is 1. The molecule has 96 valence electrons. The fourth-order valence-electron chi connectivity index (χ4n) is 2.60. The van der Waals surface area contributed by atoms with Crippen LogP contribution >= 0.6 is 0 Å². The molecule has 3 rings (SSSR count). The molecule has 3 nitrogen and oxygen atoms in total. The maximum atomic E-state index is 5.70. The zero-order chi connectivity index (χ0) is 12.8. The predicted octanol–water partition coefficient (Wildman–Crippen LogP) is 3.00. The van der Waals surface area contributed by atoms with Gasteiger partial charge >= 0.3 is 0 Å². The molecule has 1 fully saturated rings. The van der Waals surface area contributed by atoms with E-state index in [1.165, 1.54) is 23.9 Å². The van der Waals surface area contributed by atoms with Crippen molar-refractivity contribution in [3.8, 4) is 0 Å². The second-order valence-electron chi connectivity index (χ2n) is 6.01. The largest absolute Gasteiger partial charge is 0.330 e. The summed E-state index contributed by atoms with van der Waals surface area (Å²) >= 11 is 0. The molecule has 1 heterocycles. The van der Waals surface area contributed by atoms with Crippen LogP contribution in [0.25, 0.3) is 11.0 Å². The smallest absolute Gasteiger partial charge is 0.0960 e. The lowest BCUT2D eigenvalue weighted by molar-refractivity contribution is 0.488. The first-order chi connectivity index (χ1) is 8.62. The van der Waals surface area contributed by atoms with Gasteiger partial charge in [-0.2, -0.15) is 0 Å². The van der Waals surface area contributed by atoms with Crippen LogP contribution in [0, 0.1) is 0 Å². The summed E-state index contributed by atoms with van der Waals surface area (Å²) in [6, 6.07) is 7.37. The van der Waals surface area contributed by atoms with Gasteiger partial charge in [0.05, 0.1) is 17.4 Å². The molecule has 1 aliphatic carbocycles. The van der Waals surface area contributed by atoms with Crippen molar-refractivity contribution in [1.29, 1.82) is 0 Å². The van der Waals surface area contributed by atoms with Gasteiger partial charge in [-0.25, -0.2) is 4.98 Å². The van der Waals surface area contributed by atoms with Gasteiger partial charge in [0.2, 0.25) is 0 Å². The van der Waals surface area contributed by atoms with Crippen LogP contribution in [-0.4, -0.2) is 16.1 Å². The maximum absolute atomic E-state index is 5.70. The average molecular weight is 243 g/mol. The molecule has 2 N–H and O–H groups in total. The number of aromatic nitrogens is 2. The number of imidazole rings is 1. The molecule has 3 heteroatoms. The minimum absolute atomic E-state index is 0.131. The van der Waals surface area contributed by atoms with E-state index < -0.39 is 0 Å². The summed E-state index contributed by atoms with van der Waals surface area (Å²) < 4.78 is 2.31. The van der Waals surface area contributed by atoms with Crippen LogP contribution in [0.5, 0.6) is 0 Å². The van der Waals surface area contributed by atoms with Gasteiger partial charge in [-0.3, -0.25) is 0 Å². The van der Waals surface area contributed by atoms with Crippen LogP contribution in [0.3, 0.4) is 0 Å². The van der Waals surface area contributed by atoms with E-state index in [0.717, 1.165) is 18.5 Å². The highest BCUT2D eigenvalue weighted by Gasteiger charge is 2.26. The quantitative estimate of drug-likeness (QED) is 0.897. The second-order valence-corrected chi connectivity index (χ2v) is 6.01. The van der Waals surface area contributed by atoms with Gasteiger partial charge in [-0.1, -0.05) is 19.9 Å². The van der Waals surface area contributed by atoms with Crippen molar-refractivity contribution in [2.45, 2.75) is 44.6 Å². The number of hydrogen-bond acceptors (Lipinski definition) is 2. The number of rotatable bonds is 4. The molecule has 0 amide bonds. The Hall–Kier alpha value is -1.35. The molecule has 2 aromatic rings.